The lowest BCUT2D eigenvalue weighted by atomic mass is 10.1. The van der Waals surface area contributed by atoms with Crippen LogP contribution in [-0.4, -0.2) is 86.4 Å². The van der Waals surface area contributed by atoms with Crippen molar-refractivity contribution in [2.45, 2.75) is 37.5 Å². The molecule has 0 aromatic carbocycles. The van der Waals surface area contributed by atoms with E-state index in [2.05, 4.69) is 20.6 Å². The Bertz CT molecular complexity index is 680. The molecule has 1 aromatic rings. The van der Waals surface area contributed by atoms with Gasteiger partial charge >= 0.3 is 5.97 Å². The number of imidazole rings is 1. The standard InChI is InChI=1S/C15H24N6O7/c1-7(12(24)21-11(5-23)15(27)28)19-14(26)10(4-22)20-13(25)9(16)2-8-3-17-6-18-8/h3,6-7,9-11,22-23H,2,4-5,16H2,1H3,(H,17,18)(H,19,26)(H,20,25)(H,21,24)(H,27,28). The zero-order chi connectivity index (χ0) is 21.3. The van der Waals surface area contributed by atoms with Gasteiger partial charge in [0.05, 0.1) is 25.6 Å². The monoisotopic (exact) mass is 400 g/mol. The molecule has 4 unspecified atom stereocenters. The lowest BCUT2D eigenvalue weighted by Crippen LogP contribution is -2.57. The fraction of sp³-hybridized carbons (Fsp3) is 0.533. The highest BCUT2D eigenvalue weighted by Crippen LogP contribution is 1.98. The molecule has 28 heavy (non-hydrogen) atoms. The molecule has 0 bridgehead atoms. The minimum atomic E-state index is -1.53. The van der Waals surface area contributed by atoms with E-state index in [1.54, 1.807) is 0 Å². The first-order valence-corrected chi connectivity index (χ1v) is 8.28. The van der Waals surface area contributed by atoms with Crippen LogP contribution in [0.25, 0.3) is 0 Å². The van der Waals surface area contributed by atoms with E-state index in [4.69, 9.17) is 15.9 Å². The van der Waals surface area contributed by atoms with Crippen molar-refractivity contribution in [2.75, 3.05) is 13.2 Å². The first kappa shape index (κ1) is 23.0. The van der Waals surface area contributed by atoms with Crippen molar-refractivity contribution in [1.29, 1.82) is 0 Å². The second-order valence-electron chi connectivity index (χ2n) is 5.94. The molecule has 0 fully saturated rings. The summed E-state index contributed by atoms with van der Waals surface area (Å²) in [5.74, 6) is -3.88. The van der Waals surface area contributed by atoms with Crippen LogP contribution < -0.4 is 21.7 Å². The van der Waals surface area contributed by atoms with Gasteiger partial charge in [-0.05, 0) is 6.92 Å². The zero-order valence-corrected chi connectivity index (χ0v) is 15.1. The van der Waals surface area contributed by atoms with Crippen LogP contribution in [0.4, 0.5) is 0 Å². The molecular weight excluding hydrogens is 376 g/mol. The molecule has 13 nitrogen and oxygen atoms in total. The molecule has 0 saturated carbocycles. The van der Waals surface area contributed by atoms with Crippen molar-refractivity contribution in [3.05, 3.63) is 18.2 Å². The summed E-state index contributed by atoms with van der Waals surface area (Å²) in [6, 6.07) is -5.10. The number of carbonyl (C=O) groups is 4. The third-order valence-corrected chi connectivity index (χ3v) is 3.70. The Hall–Kier alpha value is -3.03. The minimum Gasteiger partial charge on any atom is -0.480 e. The van der Waals surface area contributed by atoms with E-state index in [1.165, 1.54) is 19.4 Å². The van der Waals surface area contributed by atoms with Crippen LogP contribution in [0.15, 0.2) is 12.5 Å². The van der Waals surface area contributed by atoms with Crippen LogP contribution in [0.1, 0.15) is 12.6 Å². The Kier molecular flexibility index (Phi) is 9.01. The van der Waals surface area contributed by atoms with Crippen LogP contribution in [0.5, 0.6) is 0 Å². The van der Waals surface area contributed by atoms with Crippen LogP contribution in [-0.2, 0) is 25.6 Å². The average Bonchev–Trinajstić information content (AvgIpc) is 3.15. The number of hydrogen-bond donors (Lipinski definition) is 8. The average molecular weight is 400 g/mol. The van der Waals surface area contributed by atoms with Gasteiger partial charge in [-0.2, -0.15) is 0 Å². The van der Waals surface area contributed by atoms with E-state index in [9.17, 15) is 24.3 Å². The Morgan fingerprint density at radius 3 is 2.18 bits per heavy atom. The van der Waals surface area contributed by atoms with Gasteiger partial charge in [-0.25, -0.2) is 9.78 Å². The van der Waals surface area contributed by atoms with E-state index >= 15 is 0 Å². The van der Waals surface area contributed by atoms with Crippen molar-refractivity contribution in [3.8, 4) is 0 Å². The summed E-state index contributed by atoms with van der Waals surface area (Å²) in [5.41, 5.74) is 6.35. The number of carboxylic acid groups (broad SMARTS) is 1. The van der Waals surface area contributed by atoms with Gasteiger partial charge in [-0.3, -0.25) is 14.4 Å². The molecule has 0 spiro atoms. The Morgan fingerprint density at radius 1 is 1.07 bits per heavy atom. The third kappa shape index (κ3) is 6.94. The summed E-state index contributed by atoms with van der Waals surface area (Å²) in [6.07, 6.45) is 3.03. The largest absolute Gasteiger partial charge is 0.480 e. The van der Waals surface area contributed by atoms with Gasteiger partial charge in [0, 0.05) is 18.3 Å². The molecule has 0 saturated heterocycles. The molecule has 4 atom stereocenters. The number of hydrogen-bond acceptors (Lipinski definition) is 8. The fourth-order valence-electron chi connectivity index (χ4n) is 2.06. The lowest BCUT2D eigenvalue weighted by Gasteiger charge is -2.22. The number of nitrogens with one attached hydrogen (secondary N) is 4. The highest BCUT2D eigenvalue weighted by atomic mass is 16.4. The van der Waals surface area contributed by atoms with Gasteiger partial charge in [-0.15, -0.1) is 0 Å². The van der Waals surface area contributed by atoms with E-state index in [0.717, 1.165) is 0 Å². The van der Waals surface area contributed by atoms with Crippen molar-refractivity contribution in [3.63, 3.8) is 0 Å². The number of aliphatic carboxylic acids is 1. The van der Waals surface area contributed by atoms with Crippen molar-refractivity contribution in [2.24, 2.45) is 5.73 Å². The predicted molar refractivity (Wildman–Crippen MR) is 93.5 cm³/mol. The van der Waals surface area contributed by atoms with Gasteiger partial charge in [0.2, 0.25) is 17.7 Å². The molecule has 1 heterocycles. The minimum absolute atomic E-state index is 0.127. The normalized spacial score (nSPS) is 15.0. The van der Waals surface area contributed by atoms with E-state index in [0.29, 0.717) is 5.69 Å². The Morgan fingerprint density at radius 2 is 1.68 bits per heavy atom. The van der Waals surface area contributed by atoms with Crippen LogP contribution >= 0.6 is 0 Å². The molecule has 0 aliphatic heterocycles. The number of aromatic nitrogens is 2. The highest BCUT2D eigenvalue weighted by Gasteiger charge is 2.27. The number of carbonyl (C=O) groups excluding carboxylic acids is 3. The fourth-order valence-corrected chi connectivity index (χ4v) is 2.06. The van der Waals surface area contributed by atoms with Gasteiger partial charge in [0.15, 0.2) is 0 Å². The van der Waals surface area contributed by atoms with E-state index in [-0.39, 0.29) is 6.42 Å². The summed E-state index contributed by atoms with van der Waals surface area (Å²) in [6.45, 7) is -0.313. The topological polar surface area (TPSA) is 220 Å². The number of nitrogens with zero attached hydrogens (tertiary/aromatic N) is 1. The number of H-pyrrole nitrogens is 1. The number of aliphatic hydroxyl groups is 2. The molecule has 3 amide bonds. The highest BCUT2D eigenvalue weighted by molar-refractivity contribution is 5.94. The maximum absolute atomic E-state index is 12.2. The smallest absolute Gasteiger partial charge is 0.328 e. The van der Waals surface area contributed by atoms with Gasteiger partial charge in [-0.1, -0.05) is 0 Å². The summed E-state index contributed by atoms with van der Waals surface area (Å²) in [4.78, 5) is 53.5. The van der Waals surface area contributed by atoms with Crippen molar-refractivity contribution >= 4 is 23.7 Å². The molecule has 9 N–H and O–H groups in total. The summed E-state index contributed by atoms with van der Waals surface area (Å²) in [7, 11) is 0. The molecule has 13 heteroatoms. The molecule has 0 aliphatic rings. The lowest BCUT2D eigenvalue weighted by molar-refractivity contribution is -0.143. The number of aliphatic hydroxyl groups excluding tert-OH is 2. The molecular formula is C15H24N6O7. The molecule has 1 aromatic heterocycles. The first-order valence-electron chi connectivity index (χ1n) is 8.28. The zero-order valence-electron chi connectivity index (χ0n) is 15.1. The third-order valence-electron chi connectivity index (χ3n) is 3.70. The molecule has 0 aliphatic carbocycles. The maximum atomic E-state index is 12.2. The van der Waals surface area contributed by atoms with Crippen LogP contribution in [0.3, 0.4) is 0 Å². The van der Waals surface area contributed by atoms with Gasteiger partial charge in [0.25, 0.3) is 0 Å². The number of nitrogens with two attached hydrogens (primary N) is 1. The number of amides is 3. The SMILES string of the molecule is CC(NC(=O)C(CO)NC(=O)C(N)Cc1cnc[nH]1)C(=O)NC(CO)C(=O)O. The second kappa shape index (κ2) is 11.0. The van der Waals surface area contributed by atoms with Crippen LogP contribution in [0.2, 0.25) is 0 Å². The summed E-state index contributed by atoms with van der Waals surface area (Å²) >= 11 is 0. The summed E-state index contributed by atoms with van der Waals surface area (Å²) in [5, 5.41) is 33.6. The predicted octanol–water partition coefficient (Wildman–Crippen LogP) is -4.18. The van der Waals surface area contributed by atoms with Gasteiger partial charge in [0.1, 0.15) is 18.1 Å². The van der Waals surface area contributed by atoms with E-state index < -0.39 is 61.1 Å². The van der Waals surface area contributed by atoms with Crippen LogP contribution in [0, 0.1) is 0 Å². The molecule has 156 valence electrons. The van der Waals surface area contributed by atoms with E-state index in [1.807, 2.05) is 5.32 Å². The Balaban J connectivity index is 2.58. The van der Waals surface area contributed by atoms with Crippen molar-refractivity contribution in [1.82, 2.24) is 25.9 Å². The number of carboxylic acids is 1. The maximum Gasteiger partial charge on any atom is 0.328 e. The molecule has 0 radical (unpaired) electrons. The summed E-state index contributed by atoms with van der Waals surface area (Å²) < 4.78 is 0. The van der Waals surface area contributed by atoms with Gasteiger partial charge < -0.3 is 42.0 Å². The Labute approximate surface area is 159 Å². The second-order valence-corrected chi connectivity index (χ2v) is 5.94. The number of rotatable bonds is 11. The quantitative estimate of drug-likeness (QED) is 0.180. The van der Waals surface area contributed by atoms with Crippen molar-refractivity contribution < 1.29 is 34.5 Å². The number of aromatic amines is 1. The first-order chi connectivity index (χ1) is 13.2. The molecule has 1 rings (SSSR count).